The van der Waals surface area contributed by atoms with Gasteiger partial charge in [0.25, 0.3) is 0 Å². The van der Waals surface area contributed by atoms with Crippen molar-refractivity contribution in [1.29, 1.82) is 0 Å². The zero-order valence-corrected chi connectivity index (χ0v) is 29.7. The summed E-state index contributed by atoms with van der Waals surface area (Å²) in [5.41, 5.74) is 17.4. The molecule has 3 aliphatic rings. The number of benzene rings is 5. The molecule has 0 spiro atoms. The summed E-state index contributed by atoms with van der Waals surface area (Å²) in [6.45, 7) is 13.6. The van der Waals surface area contributed by atoms with Gasteiger partial charge in [0, 0.05) is 22.5 Å². The third-order valence-electron chi connectivity index (χ3n) is 11.3. The van der Waals surface area contributed by atoms with Crippen LogP contribution in [0, 0.1) is 0 Å². The van der Waals surface area contributed by atoms with Crippen LogP contribution in [0.25, 0.3) is 22.3 Å². The SMILES string of the molecule is C=C1/C(=C\C)C(C)(C)c2cc(N(c3ccc(-c4ccccc4)cc3)c3ccc4c(c3)C(C3=CC=CCC3)(c3ccccc3)C=C4CC)ccc21. The molecule has 246 valence electrons. The van der Waals surface area contributed by atoms with Crippen molar-refractivity contribution in [1.82, 2.24) is 0 Å². The molecule has 50 heavy (non-hydrogen) atoms. The van der Waals surface area contributed by atoms with Crippen LogP contribution in [0.15, 0.2) is 169 Å². The summed E-state index contributed by atoms with van der Waals surface area (Å²) < 4.78 is 0. The van der Waals surface area contributed by atoms with E-state index in [0.29, 0.717) is 0 Å². The first-order chi connectivity index (χ1) is 24.4. The van der Waals surface area contributed by atoms with E-state index >= 15 is 0 Å². The fourth-order valence-corrected chi connectivity index (χ4v) is 8.84. The molecular weight excluding hydrogens is 603 g/mol. The summed E-state index contributed by atoms with van der Waals surface area (Å²) >= 11 is 0. The van der Waals surface area contributed by atoms with Crippen molar-refractivity contribution in [2.45, 2.75) is 57.8 Å². The summed E-state index contributed by atoms with van der Waals surface area (Å²) in [6.07, 6.45) is 14.8. The van der Waals surface area contributed by atoms with Gasteiger partial charge in [-0.15, -0.1) is 0 Å². The Morgan fingerprint density at radius 1 is 0.720 bits per heavy atom. The first-order valence-electron chi connectivity index (χ1n) is 18.1. The van der Waals surface area contributed by atoms with Gasteiger partial charge in [-0.2, -0.15) is 0 Å². The van der Waals surface area contributed by atoms with Crippen LogP contribution < -0.4 is 4.90 Å². The monoisotopic (exact) mass is 647 g/mol. The number of rotatable bonds is 7. The highest BCUT2D eigenvalue weighted by atomic mass is 15.1. The molecule has 0 aromatic heterocycles. The third-order valence-corrected chi connectivity index (χ3v) is 11.3. The highest BCUT2D eigenvalue weighted by Gasteiger charge is 2.43. The van der Waals surface area contributed by atoms with E-state index in [0.717, 1.165) is 41.9 Å². The maximum Gasteiger partial charge on any atom is 0.0607 e. The lowest BCUT2D eigenvalue weighted by Crippen LogP contribution is -2.27. The molecule has 5 aromatic carbocycles. The Labute approximate surface area is 298 Å². The zero-order valence-electron chi connectivity index (χ0n) is 29.7. The second-order valence-electron chi connectivity index (χ2n) is 14.4. The molecule has 0 heterocycles. The fraction of sp³-hybridized carbons (Fsp3) is 0.184. The maximum atomic E-state index is 4.52. The van der Waals surface area contributed by atoms with Gasteiger partial charge in [-0.1, -0.05) is 148 Å². The smallest absolute Gasteiger partial charge is 0.0607 e. The van der Waals surface area contributed by atoms with E-state index in [2.05, 4.69) is 191 Å². The van der Waals surface area contributed by atoms with E-state index in [9.17, 15) is 0 Å². The van der Waals surface area contributed by atoms with Crippen molar-refractivity contribution in [3.63, 3.8) is 0 Å². The molecule has 8 rings (SSSR count). The predicted octanol–water partition coefficient (Wildman–Crippen LogP) is 13.4. The van der Waals surface area contributed by atoms with Crippen molar-refractivity contribution >= 4 is 28.2 Å². The highest BCUT2D eigenvalue weighted by Crippen LogP contribution is 2.55. The number of allylic oxidation sites excluding steroid dienone is 9. The van der Waals surface area contributed by atoms with Crippen molar-refractivity contribution in [3.8, 4) is 11.1 Å². The van der Waals surface area contributed by atoms with E-state index in [1.54, 1.807) is 0 Å². The average Bonchev–Trinajstić information content (AvgIpc) is 3.60. The number of fused-ring (bicyclic) bond motifs is 2. The average molecular weight is 648 g/mol. The molecule has 1 unspecified atom stereocenters. The van der Waals surface area contributed by atoms with Gasteiger partial charge in [-0.05, 0) is 118 Å². The minimum Gasteiger partial charge on any atom is -0.310 e. The van der Waals surface area contributed by atoms with Crippen LogP contribution in [0.2, 0.25) is 0 Å². The molecule has 1 heteroatoms. The topological polar surface area (TPSA) is 3.24 Å². The van der Waals surface area contributed by atoms with E-state index in [1.165, 1.54) is 55.7 Å². The lowest BCUT2D eigenvalue weighted by atomic mass is 9.68. The first-order valence-corrected chi connectivity index (χ1v) is 18.1. The molecule has 1 atom stereocenters. The van der Waals surface area contributed by atoms with Crippen molar-refractivity contribution in [3.05, 3.63) is 197 Å². The van der Waals surface area contributed by atoms with Gasteiger partial charge >= 0.3 is 0 Å². The molecule has 3 aliphatic carbocycles. The van der Waals surface area contributed by atoms with Crippen LogP contribution in [-0.4, -0.2) is 0 Å². The lowest BCUT2D eigenvalue weighted by Gasteiger charge is -2.35. The first kappa shape index (κ1) is 31.8. The standard InChI is InChI=1S/C49H45N/c1-6-35-33-49(38-19-13-9-14-20-38,39-21-15-10-16-22-39)47-32-42(28-30-44(35)47)50(40-25-23-37(24-26-40)36-17-11-8-12-18-36)41-27-29-43-34(3)45(7-2)48(4,5)46(43)31-41/h7-15,17-21,23-33H,3,6,16,22H2,1-2,4-5H3/b45-7+. The quantitative estimate of drug-likeness (QED) is 0.170. The van der Waals surface area contributed by atoms with Gasteiger partial charge in [0.1, 0.15) is 0 Å². The van der Waals surface area contributed by atoms with E-state index < -0.39 is 0 Å². The van der Waals surface area contributed by atoms with Crippen LogP contribution in [0.1, 0.15) is 74.8 Å². The summed E-state index contributed by atoms with van der Waals surface area (Å²) in [4.78, 5) is 2.46. The summed E-state index contributed by atoms with van der Waals surface area (Å²) in [5, 5.41) is 0. The number of hydrogen-bond donors (Lipinski definition) is 0. The Bertz CT molecular complexity index is 2220. The Hall–Kier alpha value is -5.40. The Morgan fingerprint density at radius 2 is 1.34 bits per heavy atom. The van der Waals surface area contributed by atoms with Crippen LogP contribution in [0.3, 0.4) is 0 Å². The Balaban J connectivity index is 1.35. The molecule has 5 aromatic rings. The van der Waals surface area contributed by atoms with Gasteiger partial charge < -0.3 is 4.90 Å². The van der Waals surface area contributed by atoms with E-state index in [4.69, 9.17) is 0 Å². The van der Waals surface area contributed by atoms with Gasteiger partial charge in [-0.3, -0.25) is 0 Å². The fourth-order valence-electron chi connectivity index (χ4n) is 8.84. The highest BCUT2D eigenvalue weighted by molar-refractivity contribution is 5.91. The third kappa shape index (κ3) is 4.99. The molecule has 0 fully saturated rings. The Kier molecular flexibility index (Phi) is 7.95. The molecule has 0 saturated carbocycles. The zero-order chi connectivity index (χ0) is 34.5. The number of nitrogens with zero attached hydrogens (tertiary/aromatic N) is 1. The van der Waals surface area contributed by atoms with Gasteiger partial charge in [-0.25, -0.2) is 0 Å². The largest absolute Gasteiger partial charge is 0.310 e. The number of anilines is 3. The van der Waals surface area contributed by atoms with E-state index in [-0.39, 0.29) is 10.8 Å². The summed E-state index contributed by atoms with van der Waals surface area (Å²) in [5.74, 6) is 0. The lowest BCUT2D eigenvalue weighted by molar-refractivity contribution is 0.660. The molecule has 0 bridgehead atoms. The van der Waals surface area contributed by atoms with Gasteiger partial charge in [0.15, 0.2) is 0 Å². The van der Waals surface area contributed by atoms with Crippen molar-refractivity contribution in [2.24, 2.45) is 0 Å². The normalized spacial score (nSPS) is 19.6. The second kappa shape index (κ2) is 12.5. The summed E-state index contributed by atoms with van der Waals surface area (Å²) in [7, 11) is 0. The molecule has 0 amide bonds. The van der Waals surface area contributed by atoms with Gasteiger partial charge in [0.05, 0.1) is 5.41 Å². The number of hydrogen-bond acceptors (Lipinski definition) is 1. The minimum atomic E-state index is -0.315. The van der Waals surface area contributed by atoms with Gasteiger partial charge in [0.2, 0.25) is 0 Å². The van der Waals surface area contributed by atoms with E-state index in [1.807, 2.05) is 0 Å². The molecule has 0 N–H and O–H groups in total. The molecule has 0 radical (unpaired) electrons. The van der Waals surface area contributed by atoms with Crippen LogP contribution in [0.5, 0.6) is 0 Å². The van der Waals surface area contributed by atoms with Crippen LogP contribution in [0.4, 0.5) is 17.1 Å². The second-order valence-corrected chi connectivity index (χ2v) is 14.4. The molecule has 0 aliphatic heterocycles. The molecular formula is C49H45N. The molecule has 1 nitrogen and oxygen atoms in total. The molecule has 0 saturated heterocycles. The predicted molar refractivity (Wildman–Crippen MR) is 214 cm³/mol. The summed E-state index contributed by atoms with van der Waals surface area (Å²) in [6, 6.07) is 45.0. The van der Waals surface area contributed by atoms with Crippen LogP contribution in [-0.2, 0) is 10.8 Å². The van der Waals surface area contributed by atoms with Crippen LogP contribution >= 0.6 is 0 Å². The maximum absolute atomic E-state index is 4.52. The van der Waals surface area contributed by atoms with Crippen molar-refractivity contribution in [2.75, 3.05) is 4.90 Å². The minimum absolute atomic E-state index is 0.124. The van der Waals surface area contributed by atoms with Crippen molar-refractivity contribution < 1.29 is 0 Å². The Morgan fingerprint density at radius 3 is 1.98 bits per heavy atom.